The van der Waals surface area contributed by atoms with Crippen LogP contribution in [0.25, 0.3) is 0 Å². The molecule has 1 aliphatic rings. The van der Waals surface area contributed by atoms with Crippen LogP contribution in [0.1, 0.15) is 38.3 Å². The lowest BCUT2D eigenvalue weighted by Gasteiger charge is -2.38. The van der Waals surface area contributed by atoms with Crippen LogP contribution in [0.2, 0.25) is 0 Å². The highest BCUT2D eigenvalue weighted by Gasteiger charge is 2.26. The van der Waals surface area contributed by atoms with Gasteiger partial charge in [-0.1, -0.05) is 12.1 Å². The second-order valence-corrected chi connectivity index (χ2v) is 5.71. The van der Waals surface area contributed by atoms with Gasteiger partial charge in [0.15, 0.2) is 0 Å². The fourth-order valence-corrected chi connectivity index (χ4v) is 2.93. The van der Waals surface area contributed by atoms with E-state index in [4.69, 9.17) is 10.5 Å². The summed E-state index contributed by atoms with van der Waals surface area (Å²) in [7, 11) is 1.72. The van der Waals surface area contributed by atoms with E-state index in [2.05, 4.69) is 36.9 Å². The summed E-state index contributed by atoms with van der Waals surface area (Å²) >= 11 is 0. The third-order valence-corrected chi connectivity index (χ3v) is 4.36. The Hall–Kier alpha value is -1.06. The van der Waals surface area contributed by atoms with Crippen LogP contribution in [0.15, 0.2) is 24.3 Å². The SMILES string of the molecule is COc1cccc(C(C)N2CCCC(C(C)N)C2)c1. The average Bonchev–Trinajstić information content (AvgIpc) is 2.46. The van der Waals surface area contributed by atoms with E-state index >= 15 is 0 Å². The Labute approximate surface area is 116 Å². The molecule has 1 saturated heterocycles. The third kappa shape index (κ3) is 3.48. The maximum atomic E-state index is 6.07. The number of hydrogen-bond donors (Lipinski definition) is 1. The number of methoxy groups -OCH3 is 1. The van der Waals surface area contributed by atoms with Gasteiger partial charge in [0.2, 0.25) is 0 Å². The minimum Gasteiger partial charge on any atom is -0.497 e. The van der Waals surface area contributed by atoms with E-state index in [0.717, 1.165) is 12.3 Å². The van der Waals surface area contributed by atoms with Gasteiger partial charge in [-0.25, -0.2) is 0 Å². The van der Waals surface area contributed by atoms with Crippen molar-refractivity contribution >= 4 is 0 Å². The maximum absolute atomic E-state index is 6.07. The van der Waals surface area contributed by atoms with Crippen molar-refractivity contribution in [1.82, 2.24) is 4.90 Å². The molecule has 1 fully saturated rings. The van der Waals surface area contributed by atoms with Crippen LogP contribution >= 0.6 is 0 Å². The molecule has 0 bridgehead atoms. The molecule has 1 aromatic carbocycles. The number of piperidine rings is 1. The van der Waals surface area contributed by atoms with Crippen molar-refractivity contribution in [3.63, 3.8) is 0 Å². The molecule has 1 heterocycles. The normalized spacial score (nSPS) is 23.9. The second kappa shape index (κ2) is 6.40. The zero-order chi connectivity index (χ0) is 13.8. The summed E-state index contributed by atoms with van der Waals surface area (Å²) in [5.74, 6) is 1.56. The number of rotatable bonds is 4. The quantitative estimate of drug-likeness (QED) is 0.907. The molecule has 1 aromatic rings. The Morgan fingerprint density at radius 1 is 1.37 bits per heavy atom. The molecule has 2 rings (SSSR count). The minimum atomic E-state index is 0.292. The fourth-order valence-electron chi connectivity index (χ4n) is 2.93. The van der Waals surface area contributed by atoms with Crippen molar-refractivity contribution in [3.8, 4) is 5.75 Å². The van der Waals surface area contributed by atoms with Crippen LogP contribution in [0, 0.1) is 5.92 Å². The smallest absolute Gasteiger partial charge is 0.119 e. The number of nitrogens with two attached hydrogens (primary N) is 1. The molecule has 3 atom stereocenters. The van der Waals surface area contributed by atoms with E-state index in [-0.39, 0.29) is 0 Å². The lowest BCUT2D eigenvalue weighted by Crippen LogP contribution is -2.43. The van der Waals surface area contributed by atoms with Gasteiger partial charge >= 0.3 is 0 Å². The van der Waals surface area contributed by atoms with Gasteiger partial charge in [0.25, 0.3) is 0 Å². The van der Waals surface area contributed by atoms with E-state index in [1.54, 1.807) is 7.11 Å². The van der Waals surface area contributed by atoms with Gasteiger partial charge in [0.1, 0.15) is 5.75 Å². The molecule has 1 aliphatic heterocycles. The van der Waals surface area contributed by atoms with Crippen molar-refractivity contribution in [2.75, 3.05) is 20.2 Å². The first kappa shape index (κ1) is 14.4. The Kier molecular flexibility index (Phi) is 4.83. The summed E-state index contributed by atoms with van der Waals surface area (Å²) in [6.45, 7) is 6.68. The van der Waals surface area contributed by atoms with Crippen LogP contribution < -0.4 is 10.5 Å². The molecule has 0 spiro atoms. The third-order valence-electron chi connectivity index (χ3n) is 4.36. The summed E-state index contributed by atoms with van der Waals surface area (Å²) in [5.41, 5.74) is 7.39. The average molecular weight is 262 g/mol. The predicted octanol–water partition coefficient (Wildman–Crippen LogP) is 2.82. The Balaban J connectivity index is 2.07. The Morgan fingerprint density at radius 2 is 2.16 bits per heavy atom. The minimum absolute atomic E-state index is 0.292. The van der Waals surface area contributed by atoms with Gasteiger partial charge in [-0.3, -0.25) is 4.90 Å². The highest BCUT2D eigenvalue weighted by Crippen LogP contribution is 2.29. The first-order valence-corrected chi connectivity index (χ1v) is 7.25. The van der Waals surface area contributed by atoms with Gasteiger partial charge < -0.3 is 10.5 Å². The number of benzene rings is 1. The summed E-state index contributed by atoms with van der Waals surface area (Å²) in [6.07, 6.45) is 2.51. The van der Waals surface area contributed by atoms with Crippen molar-refractivity contribution < 1.29 is 4.74 Å². The standard InChI is InChI=1S/C16H26N2O/c1-12(17)15-7-5-9-18(11-15)13(2)14-6-4-8-16(10-14)19-3/h4,6,8,10,12-13,15H,5,7,9,11,17H2,1-3H3. The van der Waals surface area contributed by atoms with Gasteiger partial charge in [0, 0.05) is 18.6 Å². The largest absolute Gasteiger partial charge is 0.497 e. The monoisotopic (exact) mass is 262 g/mol. The fraction of sp³-hybridized carbons (Fsp3) is 0.625. The van der Waals surface area contributed by atoms with Crippen LogP contribution in [0.4, 0.5) is 0 Å². The van der Waals surface area contributed by atoms with Gasteiger partial charge in [0.05, 0.1) is 7.11 Å². The predicted molar refractivity (Wildman–Crippen MR) is 79.4 cm³/mol. The molecular formula is C16H26N2O. The van der Waals surface area contributed by atoms with E-state index in [0.29, 0.717) is 18.0 Å². The summed E-state index contributed by atoms with van der Waals surface area (Å²) in [4.78, 5) is 2.55. The molecule has 2 N–H and O–H groups in total. The number of hydrogen-bond acceptors (Lipinski definition) is 3. The first-order valence-electron chi connectivity index (χ1n) is 7.25. The molecule has 0 radical (unpaired) electrons. The highest BCUT2D eigenvalue weighted by molar-refractivity contribution is 5.30. The highest BCUT2D eigenvalue weighted by atomic mass is 16.5. The lowest BCUT2D eigenvalue weighted by molar-refractivity contribution is 0.121. The summed E-state index contributed by atoms with van der Waals surface area (Å²) in [6, 6.07) is 9.11. The molecule has 19 heavy (non-hydrogen) atoms. The molecule has 0 aliphatic carbocycles. The van der Waals surface area contributed by atoms with Gasteiger partial charge in [-0.05, 0) is 56.8 Å². The molecule has 0 aromatic heterocycles. The number of nitrogens with zero attached hydrogens (tertiary/aromatic N) is 1. The van der Waals surface area contributed by atoms with E-state index in [1.165, 1.54) is 24.9 Å². The van der Waals surface area contributed by atoms with Crippen LogP contribution in [0.5, 0.6) is 5.75 Å². The van der Waals surface area contributed by atoms with Crippen molar-refractivity contribution in [1.29, 1.82) is 0 Å². The van der Waals surface area contributed by atoms with E-state index < -0.39 is 0 Å². The first-order chi connectivity index (χ1) is 9.11. The topological polar surface area (TPSA) is 38.5 Å². The van der Waals surface area contributed by atoms with E-state index in [1.807, 2.05) is 6.07 Å². The lowest BCUT2D eigenvalue weighted by atomic mass is 9.90. The Bertz CT molecular complexity index is 405. The van der Waals surface area contributed by atoms with Crippen LogP contribution in [0.3, 0.4) is 0 Å². The van der Waals surface area contributed by atoms with Crippen molar-refractivity contribution in [2.24, 2.45) is 11.7 Å². The number of likely N-dealkylation sites (tertiary alicyclic amines) is 1. The number of ether oxygens (including phenoxy) is 1. The van der Waals surface area contributed by atoms with Crippen molar-refractivity contribution in [2.45, 2.75) is 38.8 Å². The summed E-state index contributed by atoms with van der Waals surface area (Å²) < 4.78 is 5.31. The van der Waals surface area contributed by atoms with Crippen molar-refractivity contribution in [3.05, 3.63) is 29.8 Å². The zero-order valence-corrected chi connectivity index (χ0v) is 12.3. The zero-order valence-electron chi connectivity index (χ0n) is 12.3. The molecule has 106 valence electrons. The molecule has 0 amide bonds. The maximum Gasteiger partial charge on any atom is 0.119 e. The molecule has 0 saturated carbocycles. The molecular weight excluding hydrogens is 236 g/mol. The van der Waals surface area contributed by atoms with Crippen LogP contribution in [-0.4, -0.2) is 31.1 Å². The second-order valence-electron chi connectivity index (χ2n) is 5.71. The van der Waals surface area contributed by atoms with Gasteiger partial charge in [-0.2, -0.15) is 0 Å². The van der Waals surface area contributed by atoms with Gasteiger partial charge in [-0.15, -0.1) is 0 Å². The van der Waals surface area contributed by atoms with E-state index in [9.17, 15) is 0 Å². The Morgan fingerprint density at radius 3 is 2.84 bits per heavy atom. The molecule has 3 unspecified atom stereocenters. The molecule has 3 heteroatoms. The molecule has 3 nitrogen and oxygen atoms in total. The summed E-state index contributed by atoms with van der Waals surface area (Å²) in [5, 5.41) is 0. The van der Waals surface area contributed by atoms with Crippen LogP contribution in [-0.2, 0) is 0 Å².